The van der Waals surface area contributed by atoms with E-state index in [1.54, 1.807) is 48.5 Å². The lowest BCUT2D eigenvalue weighted by Crippen LogP contribution is -2.31. The number of allylic oxidation sites excluding steroid dienone is 2. The maximum absolute atomic E-state index is 12.9. The van der Waals surface area contributed by atoms with Crippen molar-refractivity contribution in [3.8, 4) is 0 Å². The number of ketones is 2. The molecule has 0 heterocycles. The summed E-state index contributed by atoms with van der Waals surface area (Å²) >= 11 is 11.8. The van der Waals surface area contributed by atoms with Crippen LogP contribution in [-0.2, 0) is 0 Å². The van der Waals surface area contributed by atoms with E-state index < -0.39 is 0 Å². The third kappa shape index (κ3) is 3.61. The Morgan fingerprint density at radius 2 is 1.00 bits per heavy atom. The third-order valence-electron chi connectivity index (χ3n) is 4.36. The van der Waals surface area contributed by atoms with Crippen molar-refractivity contribution in [2.45, 2.75) is 12.8 Å². The maximum Gasteiger partial charge on any atom is 0.166 e. The number of Topliss-reactive ketones (excluding diaryl/α,β-unsaturated/α-hetero) is 2. The minimum Gasteiger partial charge on any atom is -0.294 e. The van der Waals surface area contributed by atoms with E-state index in [1.807, 2.05) is 12.2 Å². The molecule has 0 radical (unpaired) electrons. The van der Waals surface area contributed by atoms with Crippen LogP contribution in [-0.4, -0.2) is 11.6 Å². The molecule has 0 bridgehead atoms. The maximum atomic E-state index is 12.9. The Bertz CT molecular complexity index is 709. The van der Waals surface area contributed by atoms with Crippen LogP contribution in [0.4, 0.5) is 0 Å². The lowest BCUT2D eigenvalue weighted by molar-refractivity contribution is 0.0761. The molecule has 0 unspecified atom stereocenters. The van der Waals surface area contributed by atoms with E-state index in [1.165, 1.54) is 0 Å². The number of rotatable bonds is 4. The molecule has 0 aromatic heterocycles. The zero-order valence-electron chi connectivity index (χ0n) is 12.9. The topological polar surface area (TPSA) is 34.1 Å². The number of carbonyl (C=O) groups excluding carboxylic acids is 2. The van der Waals surface area contributed by atoms with E-state index >= 15 is 0 Å². The molecule has 122 valence electrons. The number of hydrogen-bond acceptors (Lipinski definition) is 2. The van der Waals surface area contributed by atoms with E-state index in [0.29, 0.717) is 34.0 Å². The molecular formula is C20H16Cl2O2. The SMILES string of the molecule is O=C(c1ccc(Cl)cc1)[C@H]1CC=CC[C@H]1C(=O)c1ccc(Cl)cc1. The molecule has 0 saturated carbocycles. The Morgan fingerprint density at radius 3 is 1.33 bits per heavy atom. The van der Waals surface area contributed by atoms with Gasteiger partial charge >= 0.3 is 0 Å². The number of benzene rings is 2. The van der Waals surface area contributed by atoms with Gasteiger partial charge in [0.25, 0.3) is 0 Å². The van der Waals surface area contributed by atoms with Crippen molar-refractivity contribution in [1.29, 1.82) is 0 Å². The van der Waals surface area contributed by atoms with Gasteiger partial charge < -0.3 is 0 Å². The van der Waals surface area contributed by atoms with Crippen LogP contribution in [0.2, 0.25) is 10.0 Å². The van der Waals surface area contributed by atoms with Crippen molar-refractivity contribution in [2.24, 2.45) is 11.8 Å². The number of halogens is 2. The van der Waals surface area contributed by atoms with Crippen molar-refractivity contribution >= 4 is 34.8 Å². The molecule has 2 aromatic rings. The van der Waals surface area contributed by atoms with Crippen LogP contribution in [0, 0.1) is 11.8 Å². The van der Waals surface area contributed by atoms with Gasteiger partial charge in [0.05, 0.1) is 0 Å². The highest BCUT2D eigenvalue weighted by Crippen LogP contribution is 2.32. The second kappa shape index (κ2) is 7.33. The predicted octanol–water partition coefficient (Wildman–Crippen LogP) is 5.64. The number of carbonyl (C=O) groups is 2. The van der Waals surface area contributed by atoms with Gasteiger partial charge in [0.2, 0.25) is 0 Å². The number of hydrogen-bond donors (Lipinski definition) is 0. The fourth-order valence-electron chi connectivity index (χ4n) is 3.05. The van der Waals surface area contributed by atoms with Crippen molar-refractivity contribution in [2.75, 3.05) is 0 Å². The quantitative estimate of drug-likeness (QED) is 0.523. The molecule has 0 aliphatic heterocycles. The molecule has 2 aromatic carbocycles. The molecular weight excluding hydrogens is 343 g/mol. The molecule has 1 aliphatic carbocycles. The monoisotopic (exact) mass is 358 g/mol. The fourth-order valence-corrected chi connectivity index (χ4v) is 3.30. The minimum absolute atomic E-state index is 0.0108. The lowest BCUT2D eigenvalue weighted by Gasteiger charge is -2.26. The van der Waals surface area contributed by atoms with Crippen molar-refractivity contribution in [3.63, 3.8) is 0 Å². The summed E-state index contributed by atoms with van der Waals surface area (Å²) in [6.45, 7) is 0. The summed E-state index contributed by atoms with van der Waals surface area (Å²) in [5.41, 5.74) is 1.18. The van der Waals surface area contributed by atoms with Crippen molar-refractivity contribution in [3.05, 3.63) is 81.9 Å². The highest BCUT2D eigenvalue weighted by molar-refractivity contribution is 6.31. The molecule has 2 atom stereocenters. The van der Waals surface area contributed by atoms with Gasteiger partial charge in [-0.25, -0.2) is 0 Å². The largest absolute Gasteiger partial charge is 0.294 e. The first kappa shape index (κ1) is 16.9. The van der Waals surface area contributed by atoms with Crippen LogP contribution >= 0.6 is 23.2 Å². The summed E-state index contributed by atoms with van der Waals surface area (Å²) < 4.78 is 0. The molecule has 0 amide bonds. The summed E-state index contributed by atoms with van der Waals surface area (Å²) in [6.07, 6.45) is 5.10. The van der Waals surface area contributed by atoms with Crippen LogP contribution in [0.3, 0.4) is 0 Å². The van der Waals surface area contributed by atoms with Gasteiger partial charge in [0.1, 0.15) is 0 Å². The zero-order valence-corrected chi connectivity index (χ0v) is 14.4. The molecule has 2 nitrogen and oxygen atoms in total. The average Bonchev–Trinajstić information content (AvgIpc) is 2.62. The van der Waals surface area contributed by atoms with E-state index in [-0.39, 0.29) is 23.4 Å². The molecule has 4 heteroatoms. The molecule has 0 spiro atoms. The summed E-state index contributed by atoms with van der Waals surface area (Å²) in [7, 11) is 0. The molecule has 3 rings (SSSR count). The van der Waals surface area contributed by atoms with Crippen LogP contribution in [0.15, 0.2) is 60.7 Å². The fraction of sp³-hybridized carbons (Fsp3) is 0.200. The van der Waals surface area contributed by atoms with Gasteiger partial charge in [-0.1, -0.05) is 35.4 Å². The first-order valence-corrected chi connectivity index (χ1v) is 8.56. The second-order valence-corrected chi connectivity index (χ2v) is 6.77. The van der Waals surface area contributed by atoms with Gasteiger partial charge in [-0.05, 0) is 61.4 Å². The van der Waals surface area contributed by atoms with Gasteiger partial charge in [-0.2, -0.15) is 0 Å². The molecule has 1 aliphatic rings. The standard InChI is InChI=1S/C20H16Cl2O2/c21-15-9-5-13(6-10-15)19(23)17-3-1-2-4-18(17)20(24)14-7-11-16(22)12-8-14/h1-2,5-12,17-18H,3-4H2/t17-,18+. The van der Waals surface area contributed by atoms with Gasteiger partial charge in [0, 0.05) is 33.0 Å². The Kier molecular flexibility index (Phi) is 5.17. The smallest absolute Gasteiger partial charge is 0.166 e. The average molecular weight is 359 g/mol. The van der Waals surface area contributed by atoms with Crippen LogP contribution in [0.5, 0.6) is 0 Å². The van der Waals surface area contributed by atoms with Crippen LogP contribution in [0.25, 0.3) is 0 Å². The Labute approximate surface area is 151 Å². The lowest BCUT2D eigenvalue weighted by atomic mass is 9.75. The van der Waals surface area contributed by atoms with Gasteiger partial charge in [0.15, 0.2) is 11.6 Å². The minimum atomic E-state index is -0.348. The Hall–Kier alpha value is -1.90. The first-order valence-electron chi connectivity index (χ1n) is 7.81. The second-order valence-electron chi connectivity index (χ2n) is 5.90. The molecule has 0 fully saturated rings. The Morgan fingerprint density at radius 1 is 0.667 bits per heavy atom. The van der Waals surface area contributed by atoms with Crippen LogP contribution in [0.1, 0.15) is 33.6 Å². The first-order chi connectivity index (χ1) is 11.6. The molecule has 24 heavy (non-hydrogen) atoms. The predicted molar refractivity (Wildman–Crippen MR) is 96.9 cm³/mol. The summed E-state index contributed by atoms with van der Waals surface area (Å²) in [5.74, 6) is -0.717. The van der Waals surface area contributed by atoms with Crippen LogP contribution < -0.4 is 0 Å². The highest BCUT2D eigenvalue weighted by Gasteiger charge is 2.34. The third-order valence-corrected chi connectivity index (χ3v) is 4.87. The van der Waals surface area contributed by atoms with E-state index in [2.05, 4.69) is 0 Å². The van der Waals surface area contributed by atoms with Crippen molar-refractivity contribution < 1.29 is 9.59 Å². The highest BCUT2D eigenvalue weighted by atomic mass is 35.5. The van der Waals surface area contributed by atoms with E-state index in [0.717, 1.165) is 0 Å². The normalized spacial score (nSPS) is 19.9. The van der Waals surface area contributed by atoms with Gasteiger partial charge in [-0.3, -0.25) is 9.59 Å². The summed E-state index contributed by atoms with van der Waals surface area (Å²) in [5, 5.41) is 1.17. The van der Waals surface area contributed by atoms with E-state index in [4.69, 9.17) is 23.2 Å². The molecule has 0 saturated heterocycles. The Balaban J connectivity index is 1.87. The van der Waals surface area contributed by atoms with Crippen molar-refractivity contribution in [1.82, 2.24) is 0 Å². The molecule has 0 N–H and O–H groups in total. The zero-order chi connectivity index (χ0) is 17.1. The summed E-state index contributed by atoms with van der Waals surface area (Å²) in [6, 6.07) is 13.7. The van der Waals surface area contributed by atoms with E-state index in [9.17, 15) is 9.59 Å². The summed E-state index contributed by atoms with van der Waals surface area (Å²) in [4.78, 5) is 25.7. The van der Waals surface area contributed by atoms with Gasteiger partial charge in [-0.15, -0.1) is 0 Å².